The highest BCUT2D eigenvalue weighted by atomic mass is 19.4. The number of aromatic nitrogens is 2. The molecule has 0 bridgehead atoms. The third-order valence-electron chi connectivity index (χ3n) is 4.42. The molecule has 1 aliphatic rings. The summed E-state index contributed by atoms with van der Waals surface area (Å²) in [7, 11) is 0. The predicted molar refractivity (Wildman–Crippen MR) is 96.0 cm³/mol. The van der Waals surface area contributed by atoms with E-state index >= 15 is 0 Å². The molecule has 0 saturated carbocycles. The molecule has 2 aromatic rings. The Kier molecular flexibility index (Phi) is 5.91. The standard InChI is InChI=1S/C19H19F3N4O2/c20-19(21,22)12-17(27)26-9-3-8-25(10-11-26)16-6-1-5-15(24-16)18(28)14-4-2-7-23-13-14/h1-2,4-7,13H,3,8-12H2. The summed E-state index contributed by atoms with van der Waals surface area (Å²) in [5.74, 6) is -0.616. The molecule has 0 atom stereocenters. The molecule has 0 aromatic carbocycles. The minimum absolute atomic E-state index is 0.178. The SMILES string of the molecule is O=C(c1cccnc1)c1cccc(N2CCCN(C(=O)CC(F)(F)F)CC2)n1. The summed E-state index contributed by atoms with van der Waals surface area (Å²) < 4.78 is 37.4. The number of anilines is 1. The van der Waals surface area contributed by atoms with E-state index < -0.39 is 18.5 Å². The zero-order chi connectivity index (χ0) is 20.1. The molecule has 1 saturated heterocycles. The highest BCUT2D eigenvalue weighted by Gasteiger charge is 2.34. The minimum Gasteiger partial charge on any atom is -0.355 e. The monoisotopic (exact) mass is 392 g/mol. The van der Waals surface area contributed by atoms with Crippen molar-refractivity contribution in [2.75, 3.05) is 31.1 Å². The van der Waals surface area contributed by atoms with E-state index in [0.29, 0.717) is 30.9 Å². The molecule has 1 fully saturated rings. The second-order valence-corrected chi connectivity index (χ2v) is 6.47. The first-order valence-corrected chi connectivity index (χ1v) is 8.85. The van der Waals surface area contributed by atoms with Gasteiger partial charge in [0.25, 0.3) is 0 Å². The van der Waals surface area contributed by atoms with Gasteiger partial charge >= 0.3 is 6.18 Å². The van der Waals surface area contributed by atoms with Crippen LogP contribution in [0.2, 0.25) is 0 Å². The van der Waals surface area contributed by atoms with E-state index in [4.69, 9.17) is 0 Å². The number of amides is 1. The molecule has 0 unspecified atom stereocenters. The molecule has 1 amide bonds. The van der Waals surface area contributed by atoms with Crippen LogP contribution in [-0.4, -0.2) is 58.9 Å². The van der Waals surface area contributed by atoms with Gasteiger partial charge in [-0.05, 0) is 30.7 Å². The maximum atomic E-state index is 12.5. The number of alkyl halides is 3. The number of carbonyl (C=O) groups is 2. The zero-order valence-electron chi connectivity index (χ0n) is 15.0. The molecule has 0 aliphatic carbocycles. The second kappa shape index (κ2) is 8.37. The Morgan fingerprint density at radius 3 is 2.57 bits per heavy atom. The smallest absolute Gasteiger partial charge is 0.355 e. The number of hydrogen-bond donors (Lipinski definition) is 0. The van der Waals surface area contributed by atoms with Gasteiger partial charge in [0.05, 0.1) is 0 Å². The fourth-order valence-corrected chi connectivity index (χ4v) is 3.05. The van der Waals surface area contributed by atoms with Crippen LogP contribution in [-0.2, 0) is 4.79 Å². The van der Waals surface area contributed by atoms with Crippen molar-refractivity contribution in [3.05, 3.63) is 54.0 Å². The van der Waals surface area contributed by atoms with Crippen molar-refractivity contribution in [2.45, 2.75) is 19.0 Å². The second-order valence-electron chi connectivity index (χ2n) is 6.47. The number of rotatable bonds is 4. The lowest BCUT2D eigenvalue weighted by Gasteiger charge is -2.23. The van der Waals surface area contributed by atoms with Crippen LogP contribution in [0.5, 0.6) is 0 Å². The molecule has 1 aliphatic heterocycles. The van der Waals surface area contributed by atoms with E-state index in [9.17, 15) is 22.8 Å². The summed E-state index contributed by atoms with van der Waals surface area (Å²) in [6.45, 7) is 1.32. The van der Waals surface area contributed by atoms with E-state index in [0.717, 1.165) is 0 Å². The van der Waals surface area contributed by atoms with E-state index in [1.54, 1.807) is 36.5 Å². The van der Waals surface area contributed by atoms with Gasteiger partial charge in [-0.2, -0.15) is 13.2 Å². The van der Waals surface area contributed by atoms with Gasteiger partial charge in [-0.15, -0.1) is 0 Å². The summed E-state index contributed by atoms with van der Waals surface area (Å²) in [5.41, 5.74) is 0.687. The summed E-state index contributed by atoms with van der Waals surface area (Å²) >= 11 is 0. The first kappa shape index (κ1) is 19.8. The van der Waals surface area contributed by atoms with Crippen molar-refractivity contribution in [2.24, 2.45) is 0 Å². The third kappa shape index (κ3) is 5.05. The van der Waals surface area contributed by atoms with Gasteiger partial charge in [0.1, 0.15) is 17.9 Å². The van der Waals surface area contributed by atoms with Crippen LogP contribution in [0.25, 0.3) is 0 Å². The number of carbonyl (C=O) groups excluding carboxylic acids is 2. The van der Waals surface area contributed by atoms with Crippen LogP contribution in [0.4, 0.5) is 19.0 Å². The van der Waals surface area contributed by atoms with Gasteiger partial charge < -0.3 is 9.80 Å². The molecule has 9 heteroatoms. The molecule has 148 valence electrons. The van der Waals surface area contributed by atoms with Crippen LogP contribution in [0.15, 0.2) is 42.7 Å². The van der Waals surface area contributed by atoms with Crippen molar-refractivity contribution in [3.63, 3.8) is 0 Å². The lowest BCUT2D eigenvalue weighted by atomic mass is 10.1. The maximum absolute atomic E-state index is 12.5. The first-order chi connectivity index (χ1) is 13.3. The van der Waals surface area contributed by atoms with E-state index in [-0.39, 0.29) is 24.6 Å². The average molecular weight is 392 g/mol. The Balaban J connectivity index is 1.69. The lowest BCUT2D eigenvalue weighted by Crippen LogP contribution is -2.37. The number of nitrogens with zero attached hydrogens (tertiary/aromatic N) is 4. The van der Waals surface area contributed by atoms with Crippen LogP contribution in [0.1, 0.15) is 28.9 Å². The van der Waals surface area contributed by atoms with Crippen molar-refractivity contribution < 1.29 is 22.8 Å². The van der Waals surface area contributed by atoms with Crippen molar-refractivity contribution in [1.82, 2.24) is 14.9 Å². The average Bonchev–Trinajstić information content (AvgIpc) is 2.93. The Morgan fingerprint density at radius 2 is 1.86 bits per heavy atom. The summed E-state index contributed by atoms with van der Waals surface area (Å²) in [4.78, 5) is 35.8. The number of hydrogen-bond acceptors (Lipinski definition) is 5. The van der Waals surface area contributed by atoms with Crippen molar-refractivity contribution in [1.29, 1.82) is 0 Å². The molecule has 2 aromatic heterocycles. The summed E-state index contributed by atoms with van der Waals surface area (Å²) in [6.07, 6.45) is -2.39. The Hall–Kier alpha value is -2.97. The van der Waals surface area contributed by atoms with Gasteiger partial charge in [0.2, 0.25) is 11.7 Å². The van der Waals surface area contributed by atoms with Crippen molar-refractivity contribution >= 4 is 17.5 Å². The van der Waals surface area contributed by atoms with E-state index in [2.05, 4.69) is 9.97 Å². The Labute approximate surface area is 160 Å². The number of halogens is 3. The first-order valence-electron chi connectivity index (χ1n) is 8.85. The largest absolute Gasteiger partial charge is 0.397 e. The summed E-state index contributed by atoms with van der Waals surface area (Å²) in [5, 5.41) is 0. The maximum Gasteiger partial charge on any atom is 0.397 e. The quantitative estimate of drug-likeness (QED) is 0.749. The van der Waals surface area contributed by atoms with Crippen LogP contribution >= 0.6 is 0 Å². The molecule has 0 radical (unpaired) electrons. The van der Waals surface area contributed by atoms with Crippen molar-refractivity contribution in [3.8, 4) is 0 Å². The lowest BCUT2D eigenvalue weighted by molar-refractivity contribution is -0.161. The molecular weight excluding hydrogens is 373 g/mol. The molecule has 6 nitrogen and oxygen atoms in total. The zero-order valence-corrected chi connectivity index (χ0v) is 15.0. The fourth-order valence-electron chi connectivity index (χ4n) is 3.05. The predicted octanol–water partition coefficient (Wildman–Crippen LogP) is 2.70. The number of pyridine rings is 2. The van der Waals surface area contributed by atoms with E-state index in [1.807, 2.05) is 4.90 Å². The Bertz CT molecular complexity index is 843. The minimum atomic E-state index is -4.51. The molecule has 3 heterocycles. The fraction of sp³-hybridized carbons (Fsp3) is 0.368. The van der Waals surface area contributed by atoms with Crippen LogP contribution < -0.4 is 4.90 Å². The van der Waals surface area contributed by atoms with Gasteiger partial charge in [-0.25, -0.2) is 4.98 Å². The summed E-state index contributed by atoms with van der Waals surface area (Å²) in [6, 6.07) is 8.38. The highest BCUT2D eigenvalue weighted by Crippen LogP contribution is 2.22. The van der Waals surface area contributed by atoms with Gasteiger partial charge in [0, 0.05) is 44.1 Å². The molecular formula is C19H19F3N4O2. The van der Waals surface area contributed by atoms with Gasteiger partial charge in [0.15, 0.2) is 0 Å². The van der Waals surface area contributed by atoms with Gasteiger partial charge in [-0.3, -0.25) is 14.6 Å². The molecule has 3 rings (SSSR count). The highest BCUT2D eigenvalue weighted by molar-refractivity contribution is 6.07. The normalized spacial score (nSPS) is 15.2. The molecule has 0 spiro atoms. The third-order valence-corrected chi connectivity index (χ3v) is 4.42. The van der Waals surface area contributed by atoms with E-state index in [1.165, 1.54) is 11.1 Å². The molecule has 0 N–H and O–H groups in total. The topological polar surface area (TPSA) is 66.4 Å². The van der Waals surface area contributed by atoms with Crippen LogP contribution in [0, 0.1) is 0 Å². The van der Waals surface area contributed by atoms with Gasteiger partial charge in [-0.1, -0.05) is 6.07 Å². The molecule has 28 heavy (non-hydrogen) atoms. The Morgan fingerprint density at radius 1 is 1.04 bits per heavy atom. The number of ketones is 1. The van der Waals surface area contributed by atoms with Crippen LogP contribution in [0.3, 0.4) is 0 Å².